The molecule has 1 heterocycles. The maximum atomic E-state index is 12.5. The number of benzene rings is 2. The third-order valence-corrected chi connectivity index (χ3v) is 4.56. The van der Waals surface area contributed by atoms with Gasteiger partial charge in [-0.25, -0.2) is 4.79 Å². The fourth-order valence-electron chi connectivity index (χ4n) is 2.96. The van der Waals surface area contributed by atoms with E-state index in [9.17, 15) is 9.90 Å². The van der Waals surface area contributed by atoms with Gasteiger partial charge in [-0.15, -0.1) is 0 Å². The lowest BCUT2D eigenvalue weighted by atomic mass is 9.98. The minimum atomic E-state index is -0.0939. The molecule has 3 rings (SSSR count). The van der Waals surface area contributed by atoms with Crippen molar-refractivity contribution in [2.24, 2.45) is 5.92 Å². The summed E-state index contributed by atoms with van der Waals surface area (Å²) < 4.78 is 5.80. The van der Waals surface area contributed by atoms with Crippen LogP contribution in [0.1, 0.15) is 18.4 Å². The number of carbonyl (C=O) groups excluding carboxylic acids is 1. The third kappa shape index (κ3) is 4.73. The first-order valence-corrected chi connectivity index (χ1v) is 8.69. The molecule has 1 saturated heterocycles. The van der Waals surface area contributed by atoms with Crippen molar-refractivity contribution in [2.75, 3.05) is 25.0 Å². The molecular weight excluding hydrogens is 316 g/mol. The molecule has 5 heteroatoms. The summed E-state index contributed by atoms with van der Waals surface area (Å²) >= 11 is 0. The molecule has 2 aromatic carbocycles. The molecule has 2 N–H and O–H groups in total. The molecule has 0 aromatic heterocycles. The number of rotatable bonds is 5. The van der Waals surface area contributed by atoms with Gasteiger partial charge in [0.2, 0.25) is 0 Å². The number of para-hydroxylation sites is 2. The second kappa shape index (κ2) is 8.53. The van der Waals surface area contributed by atoms with Crippen LogP contribution < -0.4 is 10.1 Å². The van der Waals surface area contributed by atoms with E-state index in [-0.39, 0.29) is 12.6 Å². The summed E-state index contributed by atoms with van der Waals surface area (Å²) in [6, 6.07) is 17.2. The van der Waals surface area contributed by atoms with Gasteiger partial charge in [0.1, 0.15) is 12.4 Å². The van der Waals surface area contributed by atoms with Crippen molar-refractivity contribution in [1.29, 1.82) is 0 Å². The third-order valence-electron chi connectivity index (χ3n) is 4.56. The molecule has 25 heavy (non-hydrogen) atoms. The van der Waals surface area contributed by atoms with Crippen LogP contribution in [0.5, 0.6) is 5.75 Å². The van der Waals surface area contributed by atoms with Crippen LogP contribution in [0.4, 0.5) is 10.5 Å². The molecule has 5 nitrogen and oxygen atoms in total. The number of nitrogens with one attached hydrogen (secondary N) is 1. The summed E-state index contributed by atoms with van der Waals surface area (Å²) in [5, 5.41) is 12.2. The number of carbonyl (C=O) groups is 1. The maximum absolute atomic E-state index is 12.5. The minimum Gasteiger partial charge on any atom is -0.489 e. The summed E-state index contributed by atoms with van der Waals surface area (Å²) in [5.41, 5.74) is 1.71. The number of amides is 2. The van der Waals surface area contributed by atoms with E-state index in [1.165, 1.54) is 0 Å². The van der Waals surface area contributed by atoms with Crippen molar-refractivity contribution >= 4 is 11.7 Å². The molecule has 0 bridgehead atoms. The van der Waals surface area contributed by atoms with E-state index >= 15 is 0 Å². The average Bonchev–Trinajstić information content (AvgIpc) is 2.68. The second-order valence-electron chi connectivity index (χ2n) is 6.30. The van der Waals surface area contributed by atoms with Crippen LogP contribution in [0.2, 0.25) is 0 Å². The lowest BCUT2D eigenvalue weighted by molar-refractivity contribution is 0.143. The highest BCUT2D eigenvalue weighted by Gasteiger charge is 2.22. The Morgan fingerprint density at radius 1 is 1.08 bits per heavy atom. The number of nitrogens with zero attached hydrogens (tertiary/aromatic N) is 1. The van der Waals surface area contributed by atoms with Crippen molar-refractivity contribution in [2.45, 2.75) is 19.4 Å². The molecule has 2 amide bonds. The smallest absolute Gasteiger partial charge is 0.321 e. The summed E-state index contributed by atoms with van der Waals surface area (Å²) in [7, 11) is 0. The molecule has 1 fully saturated rings. The monoisotopic (exact) mass is 340 g/mol. The first kappa shape index (κ1) is 17.3. The summed E-state index contributed by atoms with van der Waals surface area (Å²) in [5.74, 6) is 1.12. The number of ether oxygens (including phenoxy) is 1. The lowest BCUT2D eigenvalue weighted by Crippen LogP contribution is -2.41. The van der Waals surface area contributed by atoms with Gasteiger partial charge in [0.15, 0.2) is 0 Å². The van der Waals surface area contributed by atoms with Gasteiger partial charge in [-0.1, -0.05) is 36.4 Å². The Morgan fingerprint density at radius 2 is 1.76 bits per heavy atom. The SMILES string of the molecule is O=C(Nc1ccccc1COc1ccccc1)N1CCC(CO)CC1. The highest BCUT2D eigenvalue weighted by Crippen LogP contribution is 2.21. The Bertz CT molecular complexity index is 682. The first-order valence-electron chi connectivity index (χ1n) is 8.69. The predicted molar refractivity (Wildman–Crippen MR) is 97.6 cm³/mol. The van der Waals surface area contributed by atoms with Gasteiger partial charge in [-0.05, 0) is 37.0 Å². The zero-order valence-electron chi connectivity index (χ0n) is 14.2. The molecule has 0 spiro atoms. The summed E-state index contributed by atoms with van der Waals surface area (Å²) in [6.07, 6.45) is 1.70. The van der Waals surface area contributed by atoms with Crippen molar-refractivity contribution in [3.63, 3.8) is 0 Å². The van der Waals surface area contributed by atoms with E-state index in [4.69, 9.17) is 4.74 Å². The number of piperidine rings is 1. The van der Waals surface area contributed by atoms with E-state index in [1.54, 1.807) is 4.90 Å². The highest BCUT2D eigenvalue weighted by molar-refractivity contribution is 5.90. The molecule has 0 radical (unpaired) electrons. The molecule has 0 saturated carbocycles. The molecule has 1 aliphatic rings. The van der Waals surface area contributed by atoms with E-state index in [2.05, 4.69) is 5.32 Å². The Labute approximate surface area is 148 Å². The number of hydrogen-bond acceptors (Lipinski definition) is 3. The number of hydrogen-bond donors (Lipinski definition) is 2. The van der Waals surface area contributed by atoms with Crippen molar-refractivity contribution < 1.29 is 14.6 Å². The fraction of sp³-hybridized carbons (Fsp3) is 0.350. The van der Waals surface area contributed by atoms with Gasteiger partial charge in [0.25, 0.3) is 0 Å². The van der Waals surface area contributed by atoms with Gasteiger partial charge in [-0.2, -0.15) is 0 Å². The van der Waals surface area contributed by atoms with Crippen LogP contribution in [0.15, 0.2) is 54.6 Å². The Kier molecular flexibility index (Phi) is 5.90. The van der Waals surface area contributed by atoms with Crippen molar-refractivity contribution in [1.82, 2.24) is 4.90 Å². The number of anilines is 1. The number of aliphatic hydroxyl groups is 1. The quantitative estimate of drug-likeness (QED) is 0.876. The lowest BCUT2D eigenvalue weighted by Gasteiger charge is -2.31. The largest absolute Gasteiger partial charge is 0.489 e. The molecule has 1 aliphatic heterocycles. The van der Waals surface area contributed by atoms with E-state index in [0.29, 0.717) is 25.6 Å². The van der Waals surface area contributed by atoms with Crippen molar-refractivity contribution in [3.8, 4) is 5.75 Å². The van der Waals surface area contributed by atoms with Crippen LogP contribution >= 0.6 is 0 Å². The summed E-state index contributed by atoms with van der Waals surface area (Å²) in [6.45, 7) is 1.96. The normalized spacial score (nSPS) is 15.0. The van der Waals surface area contributed by atoms with Gasteiger partial charge in [-0.3, -0.25) is 0 Å². The van der Waals surface area contributed by atoms with Gasteiger partial charge >= 0.3 is 6.03 Å². The molecule has 0 aliphatic carbocycles. The van der Waals surface area contributed by atoms with E-state index < -0.39 is 0 Å². The van der Waals surface area contributed by atoms with Gasteiger partial charge in [0.05, 0.1) is 0 Å². The number of urea groups is 1. The minimum absolute atomic E-state index is 0.0939. The second-order valence-corrected chi connectivity index (χ2v) is 6.30. The van der Waals surface area contributed by atoms with Crippen molar-refractivity contribution in [3.05, 3.63) is 60.2 Å². The fourth-order valence-corrected chi connectivity index (χ4v) is 2.96. The van der Waals surface area contributed by atoms with E-state index in [1.807, 2.05) is 54.6 Å². The Morgan fingerprint density at radius 3 is 2.48 bits per heavy atom. The molecule has 132 valence electrons. The van der Waals surface area contributed by atoms with Crippen LogP contribution in [-0.2, 0) is 6.61 Å². The van der Waals surface area contributed by atoms with Crippen LogP contribution in [0, 0.1) is 5.92 Å². The highest BCUT2D eigenvalue weighted by atomic mass is 16.5. The van der Waals surface area contributed by atoms with Crippen LogP contribution in [-0.4, -0.2) is 35.7 Å². The average molecular weight is 340 g/mol. The van der Waals surface area contributed by atoms with Gasteiger partial charge < -0.3 is 20.1 Å². The first-order chi connectivity index (χ1) is 12.3. The Balaban J connectivity index is 1.60. The molecule has 0 unspecified atom stereocenters. The maximum Gasteiger partial charge on any atom is 0.321 e. The predicted octanol–water partition coefficient (Wildman–Crippen LogP) is 3.50. The molecular formula is C20H24N2O3. The zero-order chi connectivity index (χ0) is 17.5. The summed E-state index contributed by atoms with van der Waals surface area (Å²) in [4.78, 5) is 14.3. The molecule has 0 atom stereocenters. The van der Waals surface area contributed by atoms with E-state index in [0.717, 1.165) is 29.8 Å². The topological polar surface area (TPSA) is 61.8 Å². The van der Waals surface area contributed by atoms with Gasteiger partial charge in [0, 0.05) is 30.9 Å². The standard InChI is InChI=1S/C20H24N2O3/c23-14-16-10-12-22(13-11-16)20(24)21-19-9-5-4-6-17(19)15-25-18-7-2-1-3-8-18/h1-9,16,23H,10-15H2,(H,21,24). The van der Waals surface area contributed by atoms with Crippen LogP contribution in [0.3, 0.4) is 0 Å². The zero-order valence-corrected chi connectivity index (χ0v) is 14.2. The number of aliphatic hydroxyl groups excluding tert-OH is 1. The van der Waals surface area contributed by atoms with Crippen LogP contribution in [0.25, 0.3) is 0 Å². The molecule has 2 aromatic rings. The number of likely N-dealkylation sites (tertiary alicyclic amines) is 1. The Hall–Kier alpha value is -2.53.